The Balaban J connectivity index is 1.94. The summed E-state index contributed by atoms with van der Waals surface area (Å²) < 4.78 is 1.77. The maximum atomic E-state index is 11.9. The van der Waals surface area contributed by atoms with Crippen molar-refractivity contribution < 1.29 is 4.79 Å². The molecule has 100 valence electrons. The van der Waals surface area contributed by atoms with Gasteiger partial charge in [0.2, 0.25) is 0 Å². The highest BCUT2D eigenvalue weighted by molar-refractivity contribution is 6.33. The largest absolute Gasteiger partial charge is 0.384 e. The SMILES string of the molecule is Cn1nccc1CCNC(=O)c1cc(N)ncc1Cl. The Morgan fingerprint density at radius 2 is 2.37 bits per heavy atom. The van der Waals surface area contributed by atoms with Gasteiger partial charge in [-0.05, 0) is 12.1 Å². The predicted molar refractivity (Wildman–Crippen MR) is 72.9 cm³/mol. The highest BCUT2D eigenvalue weighted by Gasteiger charge is 2.11. The molecule has 1 amide bonds. The van der Waals surface area contributed by atoms with Crippen molar-refractivity contribution in [3.63, 3.8) is 0 Å². The van der Waals surface area contributed by atoms with Crippen molar-refractivity contribution in [2.75, 3.05) is 12.3 Å². The lowest BCUT2D eigenvalue weighted by Crippen LogP contribution is -2.26. The Kier molecular flexibility index (Phi) is 4.01. The number of carbonyl (C=O) groups excluding carboxylic acids is 1. The lowest BCUT2D eigenvalue weighted by Gasteiger charge is -2.07. The molecule has 0 saturated heterocycles. The van der Waals surface area contributed by atoms with Gasteiger partial charge in [-0.1, -0.05) is 11.6 Å². The summed E-state index contributed by atoms with van der Waals surface area (Å²) in [6, 6.07) is 3.37. The Hall–Kier alpha value is -2.08. The van der Waals surface area contributed by atoms with Crippen LogP contribution in [0.25, 0.3) is 0 Å². The predicted octanol–water partition coefficient (Wildman–Crippen LogP) is 1.02. The van der Waals surface area contributed by atoms with Crippen LogP contribution in [0.2, 0.25) is 5.02 Å². The monoisotopic (exact) mass is 279 g/mol. The lowest BCUT2D eigenvalue weighted by atomic mass is 10.2. The fourth-order valence-corrected chi connectivity index (χ4v) is 1.86. The second-order valence-corrected chi connectivity index (χ2v) is 4.45. The number of anilines is 1. The maximum Gasteiger partial charge on any atom is 0.253 e. The molecule has 0 aliphatic carbocycles. The molecule has 19 heavy (non-hydrogen) atoms. The molecule has 0 spiro atoms. The molecule has 0 aliphatic heterocycles. The topological polar surface area (TPSA) is 85.8 Å². The molecule has 2 heterocycles. The van der Waals surface area contributed by atoms with Crippen LogP contribution in [0.4, 0.5) is 5.82 Å². The molecule has 0 fully saturated rings. The third kappa shape index (κ3) is 3.23. The van der Waals surface area contributed by atoms with E-state index in [1.165, 1.54) is 12.3 Å². The molecule has 0 unspecified atom stereocenters. The van der Waals surface area contributed by atoms with Gasteiger partial charge in [-0.15, -0.1) is 0 Å². The van der Waals surface area contributed by atoms with Gasteiger partial charge in [-0.3, -0.25) is 9.48 Å². The molecule has 6 nitrogen and oxygen atoms in total. The number of rotatable bonds is 4. The van der Waals surface area contributed by atoms with E-state index in [1.807, 2.05) is 13.1 Å². The number of hydrogen-bond donors (Lipinski definition) is 2. The van der Waals surface area contributed by atoms with Gasteiger partial charge in [-0.25, -0.2) is 4.98 Å². The number of halogens is 1. The zero-order valence-corrected chi connectivity index (χ0v) is 11.2. The molecule has 2 aromatic rings. The molecule has 0 atom stereocenters. The van der Waals surface area contributed by atoms with E-state index >= 15 is 0 Å². The Labute approximate surface area is 115 Å². The summed E-state index contributed by atoms with van der Waals surface area (Å²) in [5, 5.41) is 7.13. The Morgan fingerprint density at radius 1 is 1.58 bits per heavy atom. The van der Waals surface area contributed by atoms with E-state index in [0.29, 0.717) is 18.5 Å². The van der Waals surface area contributed by atoms with Gasteiger partial charge in [0.25, 0.3) is 5.91 Å². The number of nitrogen functional groups attached to an aromatic ring is 1. The first-order valence-corrected chi connectivity index (χ1v) is 6.12. The Morgan fingerprint density at radius 3 is 3.05 bits per heavy atom. The van der Waals surface area contributed by atoms with Crippen LogP contribution >= 0.6 is 11.6 Å². The van der Waals surface area contributed by atoms with E-state index < -0.39 is 0 Å². The Bertz CT molecular complexity index is 596. The van der Waals surface area contributed by atoms with Crippen LogP contribution in [0.15, 0.2) is 24.5 Å². The van der Waals surface area contributed by atoms with Crippen molar-refractivity contribution in [3.05, 3.63) is 40.8 Å². The number of nitrogens with one attached hydrogen (secondary N) is 1. The van der Waals surface area contributed by atoms with Crippen molar-refractivity contribution in [1.29, 1.82) is 0 Å². The van der Waals surface area contributed by atoms with E-state index in [2.05, 4.69) is 15.4 Å². The summed E-state index contributed by atoms with van der Waals surface area (Å²) in [4.78, 5) is 15.7. The van der Waals surface area contributed by atoms with Crippen LogP contribution in [-0.2, 0) is 13.5 Å². The minimum Gasteiger partial charge on any atom is -0.384 e. The first-order valence-electron chi connectivity index (χ1n) is 5.74. The van der Waals surface area contributed by atoms with Crippen LogP contribution in [0.5, 0.6) is 0 Å². The molecular formula is C12H14ClN5O. The summed E-state index contributed by atoms with van der Waals surface area (Å²) >= 11 is 5.90. The summed E-state index contributed by atoms with van der Waals surface area (Å²) in [6.07, 6.45) is 3.78. The molecule has 7 heteroatoms. The summed E-state index contributed by atoms with van der Waals surface area (Å²) in [6.45, 7) is 0.497. The molecule has 2 rings (SSSR count). The number of aromatic nitrogens is 3. The van der Waals surface area contributed by atoms with Crippen molar-refractivity contribution in [2.24, 2.45) is 7.05 Å². The van der Waals surface area contributed by atoms with E-state index in [1.54, 1.807) is 10.9 Å². The third-order valence-corrected chi connectivity index (χ3v) is 3.01. The maximum absolute atomic E-state index is 11.9. The van der Waals surface area contributed by atoms with Crippen molar-refractivity contribution in [1.82, 2.24) is 20.1 Å². The smallest absolute Gasteiger partial charge is 0.253 e. The molecule has 0 aliphatic rings. The van der Waals surface area contributed by atoms with Gasteiger partial charge >= 0.3 is 0 Å². The fraction of sp³-hybridized carbons (Fsp3) is 0.250. The molecule has 0 saturated carbocycles. The standard InChI is InChI=1S/C12H14ClN5O/c1-18-8(3-5-17-18)2-4-15-12(19)9-6-11(14)16-7-10(9)13/h3,5-7H,2,4H2,1H3,(H2,14,16)(H,15,19). The molecule has 0 bridgehead atoms. The van der Waals surface area contributed by atoms with E-state index in [9.17, 15) is 4.79 Å². The highest BCUT2D eigenvalue weighted by Crippen LogP contribution is 2.16. The first-order chi connectivity index (χ1) is 9.08. The minimum absolute atomic E-state index is 0.263. The zero-order valence-electron chi connectivity index (χ0n) is 10.4. The summed E-state index contributed by atoms with van der Waals surface area (Å²) in [7, 11) is 1.86. The number of nitrogens with zero attached hydrogens (tertiary/aromatic N) is 3. The van der Waals surface area contributed by atoms with Gasteiger partial charge in [0, 0.05) is 38.1 Å². The number of nitrogens with two attached hydrogens (primary N) is 1. The number of carbonyl (C=O) groups is 1. The molecule has 2 aromatic heterocycles. The van der Waals surface area contributed by atoms with E-state index in [-0.39, 0.29) is 16.7 Å². The molecule has 0 aromatic carbocycles. The number of amides is 1. The zero-order chi connectivity index (χ0) is 13.8. The highest BCUT2D eigenvalue weighted by atomic mass is 35.5. The van der Waals surface area contributed by atoms with Gasteiger partial charge in [0.05, 0.1) is 10.6 Å². The molecule has 3 N–H and O–H groups in total. The van der Waals surface area contributed by atoms with Crippen LogP contribution in [0.1, 0.15) is 16.1 Å². The number of pyridine rings is 1. The van der Waals surface area contributed by atoms with Crippen LogP contribution in [-0.4, -0.2) is 27.2 Å². The van der Waals surface area contributed by atoms with Crippen molar-refractivity contribution in [3.8, 4) is 0 Å². The summed E-state index contributed by atoms with van der Waals surface area (Å²) in [5.41, 5.74) is 6.90. The minimum atomic E-state index is -0.263. The summed E-state index contributed by atoms with van der Waals surface area (Å²) in [5.74, 6) is 0.00227. The molecule has 0 radical (unpaired) electrons. The third-order valence-electron chi connectivity index (χ3n) is 2.71. The van der Waals surface area contributed by atoms with Gasteiger partial charge in [0.15, 0.2) is 0 Å². The van der Waals surface area contributed by atoms with Crippen LogP contribution < -0.4 is 11.1 Å². The second-order valence-electron chi connectivity index (χ2n) is 4.04. The number of aryl methyl sites for hydroxylation is 1. The van der Waals surface area contributed by atoms with Crippen LogP contribution in [0, 0.1) is 0 Å². The van der Waals surface area contributed by atoms with Gasteiger partial charge < -0.3 is 11.1 Å². The lowest BCUT2D eigenvalue weighted by molar-refractivity contribution is 0.0954. The van der Waals surface area contributed by atoms with Crippen molar-refractivity contribution >= 4 is 23.3 Å². The molecular weight excluding hydrogens is 266 g/mol. The number of hydrogen-bond acceptors (Lipinski definition) is 4. The second kappa shape index (κ2) is 5.71. The van der Waals surface area contributed by atoms with E-state index in [4.69, 9.17) is 17.3 Å². The van der Waals surface area contributed by atoms with Crippen LogP contribution in [0.3, 0.4) is 0 Å². The van der Waals surface area contributed by atoms with Gasteiger partial charge in [0.1, 0.15) is 5.82 Å². The average Bonchev–Trinajstić information content (AvgIpc) is 2.78. The average molecular weight is 280 g/mol. The quantitative estimate of drug-likeness (QED) is 0.875. The normalized spacial score (nSPS) is 10.4. The fourth-order valence-electron chi connectivity index (χ4n) is 1.67. The van der Waals surface area contributed by atoms with Crippen molar-refractivity contribution in [2.45, 2.75) is 6.42 Å². The van der Waals surface area contributed by atoms with E-state index in [0.717, 1.165) is 5.69 Å². The first kappa shape index (κ1) is 13.4. The van der Waals surface area contributed by atoms with Gasteiger partial charge in [-0.2, -0.15) is 5.10 Å².